The molecule has 1 aliphatic carbocycles. The van der Waals surface area contributed by atoms with Gasteiger partial charge >= 0.3 is 6.09 Å². The molecule has 1 aliphatic heterocycles. The van der Waals surface area contributed by atoms with E-state index in [4.69, 9.17) is 13.6 Å². The van der Waals surface area contributed by atoms with Crippen LogP contribution in [0, 0.1) is 0 Å². The average molecular weight is 388 g/mol. The van der Waals surface area contributed by atoms with E-state index in [0.717, 1.165) is 23.2 Å². The van der Waals surface area contributed by atoms with Crippen LogP contribution < -0.4 is 4.74 Å². The highest BCUT2D eigenvalue weighted by atomic mass is 16.6. The number of nitrogens with zero attached hydrogens (tertiary/aromatic N) is 5. The van der Waals surface area contributed by atoms with E-state index in [2.05, 4.69) is 15.1 Å². The van der Waals surface area contributed by atoms with E-state index in [9.17, 15) is 4.79 Å². The molecule has 0 bridgehead atoms. The number of carbonyl (C=O) groups is 1. The Balaban J connectivity index is 1.83. The number of carbonyl (C=O) groups excluding carboxylic acids is 1. The van der Waals surface area contributed by atoms with E-state index in [-0.39, 0.29) is 12.5 Å². The van der Waals surface area contributed by atoms with Crippen LogP contribution in [0.2, 0.25) is 0 Å². The standard InChI is InChI=1S/C20H27N5O3/c1-20(2,3)28-19(26)25-9-8-14-13(10-25)17(23-24(14)4)15-16(12-6-7-12)21-11-22-18(15)27-5/h11-12H,6-10H2,1-5H3/i4D3. The number of fused-ring (bicyclic) bond motifs is 1. The van der Waals surface area contributed by atoms with Crippen molar-refractivity contribution in [3.05, 3.63) is 23.3 Å². The Kier molecular flexibility index (Phi) is 3.69. The molecule has 28 heavy (non-hydrogen) atoms. The maximum absolute atomic E-state index is 12.7. The van der Waals surface area contributed by atoms with Crippen LogP contribution in [0.5, 0.6) is 5.88 Å². The van der Waals surface area contributed by atoms with E-state index in [1.54, 1.807) is 4.90 Å². The highest BCUT2D eigenvalue weighted by molar-refractivity contribution is 5.74. The van der Waals surface area contributed by atoms with Gasteiger partial charge in [-0.15, -0.1) is 0 Å². The normalized spacial score (nSPS) is 18.7. The zero-order valence-electron chi connectivity index (χ0n) is 19.7. The van der Waals surface area contributed by atoms with Crippen LogP contribution in [-0.2, 0) is 24.7 Å². The number of aromatic nitrogens is 4. The summed E-state index contributed by atoms with van der Waals surface area (Å²) in [5.74, 6) is 0.621. The fourth-order valence-corrected chi connectivity index (χ4v) is 3.53. The predicted molar refractivity (Wildman–Crippen MR) is 103 cm³/mol. The second-order valence-electron chi connectivity index (χ2n) is 8.26. The average Bonchev–Trinajstić information content (AvgIpc) is 3.45. The maximum atomic E-state index is 12.7. The van der Waals surface area contributed by atoms with Crippen molar-refractivity contribution < 1.29 is 18.4 Å². The minimum Gasteiger partial charge on any atom is -0.480 e. The third kappa shape index (κ3) is 3.43. The van der Waals surface area contributed by atoms with Crippen molar-refractivity contribution in [2.45, 2.75) is 58.1 Å². The summed E-state index contributed by atoms with van der Waals surface area (Å²) in [7, 11) is 1.52. The number of hydrogen-bond donors (Lipinski definition) is 0. The summed E-state index contributed by atoms with van der Waals surface area (Å²) < 4.78 is 36.0. The summed E-state index contributed by atoms with van der Waals surface area (Å²) in [5, 5.41) is 4.50. The molecule has 0 atom stereocenters. The lowest BCUT2D eigenvalue weighted by Crippen LogP contribution is -2.40. The van der Waals surface area contributed by atoms with Gasteiger partial charge in [-0.2, -0.15) is 5.10 Å². The SMILES string of the molecule is [2H]C([2H])([2H])n1nc(-c2c(OC)ncnc2C2CC2)c2c1CCN(C(=O)OC(C)(C)C)C2. The van der Waals surface area contributed by atoms with Crippen LogP contribution in [0.4, 0.5) is 4.79 Å². The molecule has 2 aromatic heterocycles. The number of rotatable bonds is 3. The van der Waals surface area contributed by atoms with Crippen molar-refractivity contribution in [2.75, 3.05) is 13.7 Å². The molecule has 0 spiro atoms. The lowest BCUT2D eigenvalue weighted by molar-refractivity contribution is 0.0223. The molecular formula is C20H27N5O3. The molecule has 0 saturated heterocycles. The van der Waals surface area contributed by atoms with Crippen molar-refractivity contribution in [1.82, 2.24) is 24.6 Å². The quantitative estimate of drug-likeness (QED) is 0.804. The number of aryl methyl sites for hydroxylation is 1. The fourth-order valence-electron chi connectivity index (χ4n) is 3.53. The monoisotopic (exact) mass is 388 g/mol. The molecule has 2 aromatic rings. The second kappa shape index (κ2) is 6.76. The summed E-state index contributed by atoms with van der Waals surface area (Å²) in [5.41, 5.74) is 2.50. The summed E-state index contributed by atoms with van der Waals surface area (Å²) in [6, 6.07) is 0. The first kappa shape index (κ1) is 15.3. The molecule has 0 aromatic carbocycles. The minimum atomic E-state index is -2.45. The first-order valence-corrected chi connectivity index (χ1v) is 9.48. The molecule has 150 valence electrons. The van der Waals surface area contributed by atoms with E-state index in [0.29, 0.717) is 41.4 Å². The van der Waals surface area contributed by atoms with Crippen LogP contribution >= 0.6 is 0 Å². The summed E-state index contributed by atoms with van der Waals surface area (Å²) in [6.45, 7) is 3.53. The zero-order valence-corrected chi connectivity index (χ0v) is 16.7. The lowest BCUT2D eigenvalue weighted by atomic mass is 9.99. The molecule has 8 heteroatoms. The largest absolute Gasteiger partial charge is 0.480 e. The Bertz CT molecular complexity index is 1010. The van der Waals surface area contributed by atoms with Gasteiger partial charge in [-0.05, 0) is 33.6 Å². The first-order valence-electron chi connectivity index (χ1n) is 11.0. The number of hydrogen-bond acceptors (Lipinski definition) is 6. The molecule has 4 rings (SSSR count). The van der Waals surface area contributed by atoms with Gasteiger partial charge in [-0.25, -0.2) is 14.8 Å². The zero-order chi connectivity index (χ0) is 22.6. The van der Waals surface area contributed by atoms with Crippen molar-refractivity contribution in [3.8, 4) is 17.1 Å². The summed E-state index contributed by atoms with van der Waals surface area (Å²) >= 11 is 0. The van der Waals surface area contributed by atoms with Gasteiger partial charge in [-0.3, -0.25) is 4.68 Å². The van der Waals surface area contributed by atoms with Crippen molar-refractivity contribution in [2.24, 2.45) is 6.98 Å². The second-order valence-corrected chi connectivity index (χ2v) is 8.26. The maximum Gasteiger partial charge on any atom is 0.410 e. The molecule has 0 radical (unpaired) electrons. The molecule has 1 fully saturated rings. The summed E-state index contributed by atoms with van der Waals surface area (Å²) in [6.07, 6.45) is 3.37. The van der Waals surface area contributed by atoms with Crippen LogP contribution in [0.25, 0.3) is 11.3 Å². The van der Waals surface area contributed by atoms with Gasteiger partial charge in [-0.1, -0.05) is 0 Å². The molecule has 1 saturated carbocycles. The van der Waals surface area contributed by atoms with Gasteiger partial charge in [0.2, 0.25) is 5.88 Å². The van der Waals surface area contributed by atoms with Gasteiger partial charge in [0.15, 0.2) is 0 Å². The number of ether oxygens (including phenoxy) is 2. The highest BCUT2D eigenvalue weighted by Crippen LogP contribution is 2.46. The third-order valence-corrected chi connectivity index (χ3v) is 4.95. The van der Waals surface area contributed by atoms with Gasteiger partial charge in [0.25, 0.3) is 0 Å². The Morgan fingerprint density at radius 3 is 2.75 bits per heavy atom. The van der Waals surface area contributed by atoms with E-state index in [1.165, 1.54) is 13.4 Å². The smallest absolute Gasteiger partial charge is 0.410 e. The Labute approximate surface area is 169 Å². The van der Waals surface area contributed by atoms with Gasteiger partial charge in [0.1, 0.15) is 17.6 Å². The molecule has 0 N–H and O–H groups in total. The minimum absolute atomic E-state index is 0.192. The topological polar surface area (TPSA) is 82.4 Å². The number of amides is 1. The lowest BCUT2D eigenvalue weighted by Gasteiger charge is -2.30. The summed E-state index contributed by atoms with van der Waals surface area (Å²) in [4.78, 5) is 23.0. The van der Waals surface area contributed by atoms with Gasteiger partial charge in [0, 0.05) is 41.2 Å². The van der Waals surface area contributed by atoms with Crippen LogP contribution in [0.1, 0.15) is 60.6 Å². The molecular weight excluding hydrogens is 358 g/mol. The molecule has 0 unspecified atom stereocenters. The van der Waals surface area contributed by atoms with Crippen molar-refractivity contribution >= 4 is 6.09 Å². The molecule has 1 amide bonds. The molecule has 3 heterocycles. The predicted octanol–water partition coefficient (Wildman–Crippen LogP) is 3.06. The van der Waals surface area contributed by atoms with Crippen LogP contribution in [0.15, 0.2) is 6.33 Å². The van der Waals surface area contributed by atoms with E-state index in [1.807, 2.05) is 20.8 Å². The molecule has 8 nitrogen and oxygen atoms in total. The Morgan fingerprint density at radius 1 is 1.32 bits per heavy atom. The third-order valence-electron chi connectivity index (χ3n) is 4.95. The number of methoxy groups -OCH3 is 1. The first-order chi connectivity index (χ1) is 14.5. The fraction of sp³-hybridized carbons (Fsp3) is 0.600. The van der Waals surface area contributed by atoms with Crippen molar-refractivity contribution in [3.63, 3.8) is 0 Å². The van der Waals surface area contributed by atoms with Gasteiger partial charge in [0.05, 0.1) is 24.9 Å². The Hall–Kier alpha value is -2.64. The van der Waals surface area contributed by atoms with E-state index < -0.39 is 18.7 Å². The van der Waals surface area contributed by atoms with Crippen LogP contribution in [0.3, 0.4) is 0 Å². The molecule has 2 aliphatic rings. The Morgan fingerprint density at radius 2 is 2.11 bits per heavy atom. The highest BCUT2D eigenvalue weighted by Gasteiger charge is 2.35. The van der Waals surface area contributed by atoms with Crippen molar-refractivity contribution in [1.29, 1.82) is 0 Å². The van der Waals surface area contributed by atoms with E-state index >= 15 is 0 Å². The van der Waals surface area contributed by atoms with Gasteiger partial charge < -0.3 is 14.4 Å². The van der Waals surface area contributed by atoms with Crippen LogP contribution in [-0.4, -0.2) is 50.0 Å².